The molecule has 4 nitrogen and oxygen atoms in total. The summed E-state index contributed by atoms with van der Waals surface area (Å²) in [5.74, 6) is 0. The average molecular weight is 282 g/mol. The summed E-state index contributed by atoms with van der Waals surface area (Å²) in [5.41, 5.74) is 6.39. The van der Waals surface area contributed by atoms with Gasteiger partial charge in [-0.05, 0) is 31.4 Å². The van der Waals surface area contributed by atoms with Gasteiger partial charge in [0.1, 0.15) is 0 Å². The molecule has 1 aliphatic rings. The summed E-state index contributed by atoms with van der Waals surface area (Å²) >= 11 is 6.19. The van der Waals surface area contributed by atoms with E-state index in [1.165, 1.54) is 0 Å². The van der Waals surface area contributed by atoms with Gasteiger partial charge < -0.3 is 16.0 Å². The van der Waals surface area contributed by atoms with Crippen LogP contribution < -0.4 is 11.1 Å². The Morgan fingerprint density at radius 3 is 2.63 bits per heavy atom. The predicted molar refractivity (Wildman–Crippen MR) is 77.2 cm³/mol. The number of primary amides is 1. The van der Waals surface area contributed by atoms with Crippen LogP contribution in [0.25, 0.3) is 0 Å². The maximum absolute atomic E-state index is 11.1. The van der Waals surface area contributed by atoms with E-state index in [9.17, 15) is 4.79 Å². The second kappa shape index (κ2) is 6.26. The first-order valence-electron chi connectivity index (χ1n) is 6.63. The van der Waals surface area contributed by atoms with Crippen LogP contribution >= 0.6 is 11.6 Å². The molecule has 0 aromatic heterocycles. The lowest BCUT2D eigenvalue weighted by Gasteiger charge is -2.33. The summed E-state index contributed by atoms with van der Waals surface area (Å²) in [6, 6.07) is 8.17. The number of nitrogens with one attached hydrogen (secondary N) is 1. The molecule has 1 aliphatic heterocycles. The minimum Gasteiger partial charge on any atom is -0.351 e. The molecule has 0 saturated carbocycles. The number of rotatable bonds is 3. The standard InChI is InChI=1S/C14H20ClN3O/c1-10(12-4-2-3-5-13(12)15)17-11-6-8-18(9-7-11)14(16)19/h2-5,10-11,17H,6-9H2,1H3,(H2,16,19)/t10-/m1/s1. The van der Waals surface area contributed by atoms with Crippen LogP contribution in [0.2, 0.25) is 5.02 Å². The lowest BCUT2D eigenvalue weighted by atomic mass is 10.0. The maximum Gasteiger partial charge on any atom is 0.314 e. The zero-order valence-electron chi connectivity index (χ0n) is 11.1. The van der Waals surface area contributed by atoms with Crippen molar-refractivity contribution in [3.05, 3.63) is 34.9 Å². The van der Waals surface area contributed by atoms with Crippen molar-refractivity contribution in [1.29, 1.82) is 0 Å². The largest absolute Gasteiger partial charge is 0.351 e. The Morgan fingerprint density at radius 1 is 1.42 bits per heavy atom. The quantitative estimate of drug-likeness (QED) is 0.894. The van der Waals surface area contributed by atoms with Gasteiger partial charge in [-0.15, -0.1) is 0 Å². The predicted octanol–water partition coefficient (Wildman–Crippen LogP) is 2.53. The van der Waals surface area contributed by atoms with E-state index < -0.39 is 0 Å². The zero-order valence-corrected chi connectivity index (χ0v) is 11.9. The van der Waals surface area contributed by atoms with Gasteiger partial charge in [0, 0.05) is 30.2 Å². The Bertz CT molecular complexity index is 444. The van der Waals surface area contributed by atoms with Crippen LogP contribution in [0.4, 0.5) is 4.79 Å². The fourth-order valence-corrected chi connectivity index (χ4v) is 2.84. The van der Waals surface area contributed by atoms with E-state index in [1.54, 1.807) is 4.90 Å². The third-order valence-electron chi connectivity index (χ3n) is 3.66. The Hall–Kier alpha value is -1.26. The minimum atomic E-state index is -0.322. The van der Waals surface area contributed by atoms with Crippen LogP contribution in [0.1, 0.15) is 31.4 Å². The average Bonchev–Trinajstić information content (AvgIpc) is 2.39. The van der Waals surface area contributed by atoms with Crippen LogP contribution in [-0.2, 0) is 0 Å². The lowest BCUT2D eigenvalue weighted by molar-refractivity contribution is 0.183. The molecule has 104 valence electrons. The number of likely N-dealkylation sites (tertiary alicyclic amines) is 1. The molecule has 2 rings (SSSR count). The van der Waals surface area contributed by atoms with Crippen molar-refractivity contribution >= 4 is 17.6 Å². The molecule has 2 amide bonds. The van der Waals surface area contributed by atoms with E-state index in [2.05, 4.69) is 12.2 Å². The molecular formula is C14H20ClN3O. The summed E-state index contributed by atoms with van der Waals surface area (Å²) in [4.78, 5) is 12.8. The lowest BCUT2D eigenvalue weighted by Crippen LogP contribution is -2.47. The smallest absolute Gasteiger partial charge is 0.314 e. The fourth-order valence-electron chi connectivity index (χ4n) is 2.54. The van der Waals surface area contributed by atoms with Crippen LogP contribution in [0, 0.1) is 0 Å². The van der Waals surface area contributed by atoms with E-state index in [-0.39, 0.29) is 12.1 Å². The molecule has 1 heterocycles. The number of hydrogen-bond donors (Lipinski definition) is 2. The molecule has 1 saturated heterocycles. The van der Waals surface area contributed by atoms with Crippen molar-refractivity contribution in [2.45, 2.75) is 31.8 Å². The Kier molecular flexibility index (Phi) is 4.66. The molecule has 0 bridgehead atoms. The zero-order chi connectivity index (χ0) is 13.8. The van der Waals surface area contributed by atoms with Crippen molar-refractivity contribution < 1.29 is 4.79 Å². The molecule has 1 atom stereocenters. The van der Waals surface area contributed by atoms with E-state index in [0.717, 1.165) is 36.5 Å². The number of amides is 2. The van der Waals surface area contributed by atoms with Gasteiger partial charge in [0.15, 0.2) is 0 Å². The molecule has 1 fully saturated rings. The summed E-state index contributed by atoms with van der Waals surface area (Å²) < 4.78 is 0. The van der Waals surface area contributed by atoms with Gasteiger partial charge in [0.25, 0.3) is 0 Å². The van der Waals surface area contributed by atoms with E-state index in [0.29, 0.717) is 6.04 Å². The van der Waals surface area contributed by atoms with Crippen LogP contribution in [0.15, 0.2) is 24.3 Å². The van der Waals surface area contributed by atoms with Crippen molar-refractivity contribution in [2.24, 2.45) is 5.73 Å². The molecule has 0 spiro atoms. The molecule has 1 aromatic rings. The van der Waals surface area contributed by atoms with Gasteiger partial charge in [0.2, 0.25) is 0 Å². The van der Waals surface area contributed by atoms with Gasteiger partial charge in [-0.1, -0.05) is 29.8 Å². The van der Waals surface area contributed by atoms with Crippen molar-refractivity contribution in [2.75, 3.05) is 13.1 Å². The number of nitrogens with zero attached hydrogens (tertiary/aromatic N) is 1. The highest BCUT2D eigenvalue weighted by Crippen LogP contribution is 2.23. The second-order valence-electron chi connectivity index (χ2n) is 5.01. The minimum absolute atomic E-state index is 0.207. The first kappa shape index (κ1) is 14.2. The highest BCUT2D eigenvalue weighted by atomic mass is 35.5. The van der Waals surface area contributed by atoms with Gasteiger partial charge in [-0.2, -0.15) is 0 Å². The molecule has 1 aromatic carbocycles. The number of carbonyl (C=O) groups is 1. The third-order valence-corrected chi connectivity index (χ3v) is 4.01. The first-order chi connectivity index (χ1) is 9.08. The third kappa shape index (κ3) is 3.61. The molecular weight excluding hydrogens is 262 g/mol. The molecule has 5 heteroatoms. The van der Waals surface area contributed by atoms with Crippen LogP contribution in [-0.4, -0.2) is 30.1 Å². The number of urea groups is 1. The molecule has 0 unspecified atom stereocenters. The Balaban J connectivity index is 1.89. The van der Waals surface area contributed by atoms with Crippen molar-refractivity contribution in [3.8, 4) is 0 Å². The monoisotopic (exact) mass is 281 g/mol. The van der Waals surface area contributed by atoms with Gasteiger partial charge in [-0.3, -0.25) is 0 Å². The summed E-state index contributed by atoms with van der Waals surface area (Å²) in [6.07, 6.45) is 1.86. The summed E-state index contributed by atoms with van der Waals surface area (Å²) in [5, 5.41) is 4.36. The molecule has 0 radical (unpaired) electrons. The summed E-state index contributed by atoms with van der Waals surface area (Å²) in [7, 11) is 0. The van der Waals surface area contributed by atoms with Crippen molar-refractivity contribution in [3.63, 3.8) is 0 Å². The number of piperidine rings is 1. The van der Waals surface area contributed by atoms with Crippen molar-refractivity contribution in [1.82, 2.24) is 10.2 Å². The van der Waals surface area contributed by atoms with E-state index in [4.69, 9.17) is 17.3 Å². The highest BCUT2D eigenvalue weighted by Gasteiger charge is 2.22. The normalized spacial score (nSPS) is 18.3. The molecule has 19 heavy (non-hydrogen) atoms. The second-order valence-corrected chi connectivity index (χ2v) is 5.42. The SMILES string of the molecule is C[C@@H](NC1CCN(C(N)=O)CC1)c1ccccc1Cl. The Labute approximate surface area is 118 Å². The fraction of sp³-hybridized carbons (Fsp3) is 0.500. The summed E-state index contributed by atoms with van der Waals surface area (Å²) in [6.45, 7) is 3.56. The maximum atomic E-state index is 11.1. The highest BCUT2D eigenvalue weighted by molar-refractivity contribution is 6.31. The Morgan fingerprint density at radius 2 is 2.05 bits per heavy atom. The van der Waals surface area contributed by atoms with Gasteiger partial charge >= 0.3 is 6.03 Å². The molecule has 0 aliphatic carbocycles. The number of halogens is 1. The first-order valence-corrected chi connectivity index (χ1v) is 7.00. The molecule has 3 N–H and O–H groups in total. The number of nitrogens with two attached hydrogens (primary N) is 1. The number of hydrogen-bond acceptors (Lipinski definition) is 2. The number of benzene rings is 1. The van der Waals surface area contributed by atoms with Crippen LogP contribution in [0.3, 0.4) is 0 Å². The van der Waals surface area contributed by atoms with Gasteiger partial charge in [0.05, 0.1) is 0 Å². The van der Waals surface area contributed by atoms with E-state index in [1.807, 2.05) is 24.3 Å². The topological polar surface area (TPSA) is 58.4 Å². The van der Waals surface area contributed by atoms with E-state index >= 15 is 0 Å². The van der Waals surface area contributed by atoms with Crippen LogP contribution in [0.5, 0.6) is 0 Å². The number of carbonyl (C=O) groups excluding carboxylic acids is 1. The van der Waals surface area contributed by atoms with Gasteiger partial charge in [-0.25, -0.2) is 4.79 Å².